The van der Waals surface area contributed by atoms with Crippen LogP contribution in [0.25, 0.3) is 0 Å². The molecule has 8 nitrogen and oxygen atoms in total. The van der Waals surface area contributed by atoms with Crippen LogP contribution in [-0.4, -0.2) is 66.8 Å². The standard InChI is InChI=1S/C25H35N3O5/c1-5-19(11-12-22(29)28-15-13-18-9-6-7-10-20(18)28)26-23(30)21-17-27(14-8-16-32-21)24(31)33-25(2,3)4/h6-7,9-12,19,21H,5,8,13-17H2,1-4H3,(H,26,30)/b12-11+/t19-,21-/m0/s1. The van der Waals surface area contributed by atoms with Crippen LogP contribution >= 0.6 is 0 Å². The minimum Gasteiger partial charge on any atom is -0.444 e. The number of hydrogen-bond donors (Lipinski definition) is 1. The number of hydrogen-bond acceptors (Lipinski definition) is 5. The van der Waals surface area contributed by atoms with E-state index in [1.165, 1.54) is 16.5 Å². The van der Waals surface area contributed by atoms with Crippen molar-refractivity contribution in [3.8, 4) is 0 Å². The van der Waals surface area contributed by atoms with Crippen molar-refractivity contribution in [2.45, 2.75) is 64.7 Å². The van der Waals surface area contributed by atoms with Crippen LogP contribution in [0.3, 0.4) is 0 Å². The zero-order valence-corrected chi connectivity index (χ0v) is 20.0. The lowest BCUT2D eigenvalue weighted by molar-refractivity contribution is -0.133. The second kappa shape index (κ2) is 10.8. The molecule has 1 aromatic rings. The molecule has 1 fully saturated rings. The monoisotopic (exact) mass is 457 g/mol. The molecular weight excluding hydrogens is 422 g/mol. The Labute approximate surface area is 195 Å². The summed E-state index contributed by atoms with van der Waals surface area (Å²) in [5, 5.41) is 2.94. The van der Waals surface area contributed by atoms with Gasteiger partial charge in [-0.2, -0.15) is 0 Å². The Balaban J connectivity index is 1.58. The number of benzene rings is 1. The number of nitrogens with one attached hydrogen (secondary N) is 1. The van der Waals surface area contributed by atoms with Gasteiger partial charge >= 0.3 is 6.09 Å². The van der Waals surface area contributed by atoms with E-state index in [0.29, 0.717) is 32.5 Å². The van der Waals surface area contributed by atoms with Gasteiger partial charge < -0.3 is 24.6 Å². The molecule has 0 aromatic heterocycles. The van der Waals surface area contributed by atoms with E-state index in [2.05, 4.69) is 5.32 Å². The molecular formula is C25H35N3O5. The van der Waals surface area contributed by atoms with Crippen molar-refractivity contribution in [1.29, 1.82) is 0 Å². The zero-order chi connectivity index (χ0) is 24.0. The molecule has 0 aliphatic carbocycles. The lowest BCUT2D eigenvalue weighted by Gasteiger charge is -2.28. The Hall–Kier alpha value is -2.87. The van der Waals surface area contributed by atoms with E-state index in [-0.39, 0.29) is 24.4 Å². The first kappa shape index (κ1) is 24.8. The number of para-hydroxylation sites is 1. The highest BCUT2D eigenvalue weighted by Crippen LogP contribution is 2.27. The molecule has 0 spiro atoms. The van der Waals surface area contributed by atoms with Crippen LogP contribution in [0.5, 0.6) is 0 Å². The van der Waals surface area contributed by atoms with E-state index in [0.717, 1.165) is 12.1 Å². The molecule has 1 aromatic carbocycles. The van der Waals surface area contributed by atoms with E-state index in [1.54, 1.807) is 11.0 Å². The number of carbonyl (C=O) groups is 3. The topological polar surface area (TPSA) is 88.2 Å². The smallest absolute Gasteiger partial charge is 0.410 e. The number of amides is 3. The van der Waals surface area contributed by atoms with Gasteiger partial charge in [0.2, 0.25) is 0 Å². The van der Waals surface area contributed by atoms with Crippen molar-refractivity contribution in [3.63, 3.8) is 0 Å². The van der Waals surface area contributed by atoms with Crippen LogP contribution in [0.2, 0.25) is 0 Å². The van der Waals surface area contributed by atoms with Gasteiger partial charge in [0.15, 0.2) is 6.10 Å². The second-order valence-corrected chi connectivity index (χ2v) is 9.39. The molecule has 0 radical (unpaired) electrons. The fourth-order valence-corrected chi connectivity index (χ4v) is 3.89. The summed E-state index contributed by atoms with van der Waals surface area (Å²) in [5.41, 5.74) is 1.50. The van der Waals surface area contributed by atoms with Crippen molar-refractivity contribution in [2.24, 2.45) is 0 Å². The van der Waals surface area contributed by atoms with Crippen LogP contribution in [0.4, 0.5) is 10.5 Å². The quantitative estimate of drug-likeness (QED) is 0.687. The Kier molecular flexibility index (Phi) is 8.13. The van der Waals surface area contributed by atoms with Crippen LogP contribution in [0.15, 0.2) is 36.4 Å². The first-order valence-corrected chi connectivity index (χ1v) is 11.7. The number of carbonyl (C=O) groups excluding carboxylic acids is 3. The minimum atomic E-state index is -0.788. The predicted octanol–water partition coefficient (Wildman–Crippen LogP) is 3.05. The van der Waals surface area contributed by atoms with Gasteiger partial charge in [0.25, 0.3) is 11.8 Å². The highest BCUT2D eigenvalue weighted by Gasteiger charge is 2.31. The first-order chi connectivity index (χ1) is 15.7. The van der Waals surface area contributed by atoms with Crippen molar-refractivity contribution in [3.05, 3.63) is 42.0 Å². The lowest BCUT2D eigenvalue weighted by atomic mass is 10.1. The normalized spacial score (nSPS) is 19.7. The fourth-order valence-electron chi connectivity index (χ4n) is 3.89. The maximum Gasteiger partial charge on any atom is 0.410 e. The number of nitrogens with zero attached hydrogens (tertiary/aromatic N) is 2. The number of fused-ring (bicyclic) bond motifs is 1. The average Bonchev–Trinajstić information content (AvgIpc) is 3.03. The number of ether oxygens (including phenoxy) is 2. The van der Waals surface area contributed by atoms with Crippen LogP contribution in [0.1, 0.15) is 46.1 Å². The summed E-state index contributed by atoms with van der Waals surface area (Å²) in [6, 6.07) is 7.57. The maximum atomic E-state index is 12.9. The summed E-state index contributed by atoms with van der Waals surface area (Å²) < 4.78 is 11.2. The number of anilines is 1. The molecule has 0 unspecified atom stereocenters. The highest BCUT2D eigenvalue weighted by molar-refractivity contribution is 6.03. The van der Waals surface area contributed by atoms with Gasteiger partial charge in [-0.3, -0.25) is 9.59 Å². The molecule has 2 atom stereocenters. The van der Waals surface area contributed by atoms with Gasteiger partial charge in [0.1, 0.15) is 5.60 Å². The summed E-state index contributed by atoms with van der Waals surface area (Å²) >= 11 is 0. The molecule has 2 heterocycles. The average molecular weight is 458 g/mol. The van der Waals surface area contributed by atoms with Crippen molar-refractivity contribution >= 4 is 23.6 Å². The Morgan fingerprint density at radius 1 is 1.24 bits per heavy atom. The molecule has 1 N–H and O–H groups in total. The van der Waals surface area contributed by atoms with Gasteiger partial charge in [-0.25, -0.2) is 4.79 Å². The summed E-state index contributed by atoms with van der Waals surface area (Å²) in [6.07, 6.45) is 4.11. The largest absolute Gasteiger partial charge is 0.444 e. The molecule has 0 saturated carbocycles. The third-order valence-electron chi connectivity index (χ3n) is 5.61. The van der Waals surface area contributed by atoms with E-state index in [1.807, 2.05) is 52.0 Å². The van der Waals surface area contributed by atoms with Crippen molar-refractivity contribution in [2.75, 3.05) is 31.1 Å². The van der Waals surface area contributed by atoms with Crippen LogP contribution < -0.4 is 10.2 Å². The molecule has 3 amide bonds. The van der Waals surface area contributed by atoms with Gasteiger partial charge in [-0.05, 0) is 51.7 Å². The third-order valence-corrected chi connectivity index (χ3v) is 5.61. The highest BCUT2D eigenvalue weighted by atomic mass is 16.6. The molecule has 8 heteroatoms. The van der Waals surface area contributed by atoms with Gasteiger partial charge in [0.05, 0.1) is 6.54 Å². The summed E-state index contributed by atoms with van der Waals surface area (Å²) in [7, 11) is 0. The van der Waals surface area contributed by atoms with Gasteiger partial charge in [0, 0.05) is 37.5 Å². The molecule has 3 rings (SSSR count). The molecule has 0 bridgehead atoms. The predicted molar refractivity (Wildman–Crippen MR) is 126 cm³/mol. The van der Waals surface area contributed by atoms with E-state index >= 15 is 0 Å². The molecule has 180 valence electrons. The Morgan fingerprint density at radius 2 is 2.00 bits per heavy atom. The summed E-state index contributed by atoms with van der Waals surface area (Å²) in [4.78, 5) is 41.4. The molecule has 2 aliphatic heterocycles. The maximum absolute atomic E-state index is 12.9. The number of rotatable bonds is 5. The van der Waals surface area contributed by atoms with E-state index in [4.69, 9.17) is 9.47 Å². The Morgan fingerprint density at radius 3 is 2.73 bits per heavy atom. The van der Waals surface area contributed by atoms with Crippen molar-refractivity contribution in [1.82, 2.24) is 10.2 Å². The first-order valence-electron chi connectivity index (χ1n) is 11.7. The van der Waals surface area contributed by atoms with E-state index < -0.39 is 17.8 Å². The molecule has 1 saturated heterocycles. The summed E-state index contributed by atoms with van der Waals surface area (Å²) in [6.45, 7) is 9.01. The third kappa shape index (κ3) is 6.81. The molecule has 33 heavy (non-hydrogen) atoms. The minimum absolute atomic E-state index is 0.102. The SMILES string of the molecule is CC[C@@H](/C=C/C(=O)N1CCc2ccccc21)NC(=O)[C@@H]1CN(C(=O)OC(C)(C)C)CCCO1. The van der Waals surface area contributed by atoms with Crippen LogP contribution in [0, 0.1) is 0 Å². The second-order valence-electron chi connectivity index (χ2n) is 9.39. The fraction of sp³-hybridized carbons (Fsp3) is 0.560. The van der Waals surface area contributed by atoms with E-state index in [9.17, 15) is 14.4 Å². The van der Waals surface area contributed by atoms with Gasteiger partial charge in [-0.15, -0.1) is 0 Å². The lowest BCUT2D eigenvalue weighted by Crippen LogP contribution is -2.48. The molecule has 2 aliphatic rings. The summed E-state index contributed by atoms with van der Waals surface area (Å²) in [5.74, 6) is -0.407. The van der Waals surface area contributed by atoms with Crippen molar-refractivity contribution < 1.29 is 23.9 Å². The van der Waals surface area contributed by atoms with Crippen LogP contribution in [-0.2, 0) is 25.5 Å². The van der Waals surface area contributed by atoms with Gasteiger partial charge in [-0.1, -0.05) is 31.2 Å². The Bertz CT molecular complexity index is 892. The zero-order valence-electron chi connectivity index (χ0n) is 20.0.